The second-order valence-corrected chi connectivity index (χ2v) is 7.50. The maximum Gasteiger partial charge on any atom is 0.337 e. The summed E-state index contributed by atoms with van der Waals surface area (Å²) in [5.41, 5.74) is -0.122. The molecule has 106 valence electrons. The quantitative estimate of drug-likeness (QED) is 0.881. The number of hydrogen-bond donors (Lipinski definition) is 2. The molecule has 0 aliphatic heterocycles. The molecule has 0 atom stereocenters. The van der Waals surface area contributed by atoms with Crippen molar-refractivity contribution in [3.63, 3.8) is 0 Å². The highest BCUT2D eigenvalue weighted by atomic mass is 35.5. The third-order valence-electron chi connectivity index (χ3n) is 2.15. The van der Waals surface area contributed by atoms with Crippen LogP contribution in [0.25, 0.3) is 0 Å². The van der Waals surface area contributed by atoms with Gasteiger partial charge in [-0.15, -0.1) is 11.3 Å². The van der Waals surface area contributed by atoms with Crippen LogP contribution in [0.1, 0.15) is 10.4 Å². The first-order valence-corrected chi connectivity index (χ1v) is 8.01. The van der Waals surface area contributed by atoms with Gasteiger partial charge in [-0.05, 0) is 12.1 Å². The van der Waals surface area contributed by atoms with Crippen LogP contribution in [0.15, 0.2) is 29.4 Å². The lowest BCUT2D eigenvalue weighted by atomic mass is 10.3. The van der Waals surface area contributed by atoms with Crippen molar-refractivity contribution < 1.29 is 18.3 Å². The van der Waals surface area contributed by atoms with E-state index in [9.17, 15) is 13.2 Å². The van der Waals surface area contributed by atoms with Crippen molar-refractivity contribution in [3.8, 4) is 0 Å². The molecule has 0 spiro atoms. The molecule has 0 unspecified atom stereocenters. The van der Waals surface area contributed by atoms with Gasteiger partial charge in [0.25, 0.3) is 10.0 Å². The standard InChI is InChI=1S/C10H6Cl2N2O4S2/c11-8-2-7(9(12)19-8)20(17,18)14-6-1-5(10(15)16)3-13-4-6/h1-4,14H,(H,15,16). The number of nitrogens with one attached hydrogen (secondary N) is 1. The molecule has 0 aromatic carbocycles. The Bertz CT molecular complexity index is 773. The topological polar surface area (TPSA) is 96.4 Å². The highest BCUT2D eigenvalue weighted by Crippen LogP contribution is 2.35. The summed E-state index contributed by atoms with van der Waals surface area (Å²) in [5, 5.41) is 8.82. The van der Waals surface area contributed by atoms with Gasteiger partial charge in [0.1, 0.15) is 9.23 Å². The van der Waals surface area contributed by atoms with E-state index in [1.54, 1.807) is 0 Å². The van der Waals surface area contributed by atoms with Crippen molar-refractivity contribution in [2.75, 3.05) is 4.72 Å². The Hall–Kier alpha value is -1.35. The summed E-state index contributed by atoms with van der Waals surface area (Å²) in [6.45, 7) is 0. The number of aromatic carboxylic acids is 1. The van der Waals surface area contributed by atoms with E-state index in [2.05, 4.69) is 9.71 Å². The smallest absolute Gasteiger partial charge is 0.337 e. The summed E-state index contributed by atoms with van der Waals surface area (Å²) in [5.74, 6) is -1.21. The third-order valence-corrected chi connectivity index (χ3v) is 5.29. The Kier molecular flexibility index (Phi) is 4.19. The van der Waals surface area contributed by atoms with Crippen molar-refractivity contribution in [1.29, 1.82) is 0 Å². The number of nitrogens with zero attached hydrogens (tertiary/aromatic N) is 1. The van der Waals surface area contributed by atoms with Crippen LogP contribution in [-0.2, 0) is 10.0 Å². The summed E-state index contributed by atoms with van der Waals surface area (Å²) in [6, 6.07) is 2.36. The Balaban J connectivity index is 2.36. The lowest BCUT2D eigenvalue weighted by molar-refractivity contribution is 0.0696. The van der Waals surface area contributed by atoms with Crippen molar-refractivity contribution in [2.45, 2.75) is 4.90 Å². The molecule has 0 amide bonds. The highest BCUT2D eigenvalue weighted by molar-refractivity contribution is 7.93. The van der Waals surface area contributed by atoms with Crippen LogP contribution in [0.5, 0.6) is 0 Å². The fourth-order valence-electron chi connectivity index (χ4n) is 1.33. The number of rotatable bonds is 4. The first-order chi connectivity index (χ1) is 9.29. The molecule has 6 nitrogen and oxygen atoms in total. The largest absolute Gasteiger partial charge is 0.478 e. The van der Waals surface area contributed by atoms with Crippen molar-refractivity contribution >= 4 is 56.2 Å². The molecule has 2 heterocycles. The van der Waals surface area contributed by atoms with Gasteiger partial charge in [-0.1, -0.05) is 23.2 Å². The van der Waals surface area contributed by atoms with Crippen LogP contribution >= 0.6 is 34.5 Å². The maximum absolute atomic E-state index is 12.1. The van der Waals surface area contributed by atoms with E-state index in [0.717, 1.165) is 23.6 Å². The highest BCUT2D eigenvalue weighted by Gasteiger charge is 2.21. The van der Waals surface area contributed by atoms with Gasteiger partial charge >= 0.3 is 5.97 Å². The van der Waals surface area contributed by atoms with Crippen LogP contribution in [0.2, 0.25) is 8.67 Å². The van der Waals surface area contributed by atoms with Gasteiger partial charge in [-0.25, -0.2) is 13.2 Å². The zero-order chi connectivity index (χ0) is 14.9. The van der Waals surface area contributed by atoms with Crippen molar-refractivity contribution in [1.82, 2.24) is 4.98 Å². The Labute approximate surface area is 128 Å². The van der Waals surface area contributed by atoms with Gasteiger partial charge in [0.15, 0.2) is 0 Å². The summed E-state index contributed by atoms with van der Waals surface area (Å²) >= 11 is 12.4. The van der Waals surface area contributed by atoms with Crippen LogP contribution in [0.4, 0.5) is 5.69 Å². The van der Waals surface area contributed by atoms with Crippen LogP contribution < -0.4 is 4.72 Å². The summed E-state index contributed by atoms with van der Waals surface area (Å²) < 4.78 is 26.6. The SMILES string of the molecule is O=C(O)c1cncc(NS(=O)(=O)c2cc(Cl)sc2Cl)c1. The number of hydrogen-bond acceptors (Lipinski definition) is 5. The van der Waals surface area contributed by atoms with Gasteiger partial charge in [-0.3, -0.25) is 9.71 Å². The van der Waals surface area contributed by atoms with Gasteiger partial charge in [-0.2, -0.15) is 0 Å². The molecule has 2 N–H and O–H groups in total. The average molecular weight is 353 g/mol. The van der Waals surface area contributed by atoms with E-state index in [-0.39, 0.29) is 24.8 Å². The summed E-state index contributed by atoms with van der Waals surface area (Å²) in [7, 11) is -3.95. The monoisotopic (exact) mass is 352 g/mol. The number of halogens is 2. The second kappa shape index (κ2) is 5.57. The summed E-state index contributed by atoms with van der Waals surface area (Å²) in [4.78, 5) is 14.3. The van der Waals surface area contributed by atoms with Gasteiger partial charge in [0.2, 0.25) is 0 Å². The molecule has 2 aromatic rings. The molecule has 0 radical (unpaired) electrons. The van der Waals surface area contributed by atoms with Crippen molar-refractivity contribution in [3.05, 3.63) is 38.8 Å². The van der Waals surface area contributed by atoms with Crippen molar-refractivity contribution in [2.24, 2.45) is 0 Å². The fourth-order valence-corrected chi connectivity index (χ4v) is 4.52. The maximum atomic E-state index is 12.1. The van der Waals surface area contributed by atoms with Crippen LogP contribution in [-0.4, -0.2) is 24.5 Å². The first kappa shape index (κ1) is 15.0. The van der Waals surface area contributed by atoms with E-state index < -0.39 is 16.0 Å². The lowest BCUT2D eigenvalue weighted by Gasteiger charge is -2.07. The number of sulfonamides is 1. The Morgan fingerprint density at radius 2 is 2.00 bits per heavy atom. The van der Waals surface area contributed by atoms with E-state index in [4.69, 9.17) is 28.3 Å². The molecule has 0 saturated carbocycles. The van der Waals surface area contributed by atoms with Gasteiger partial charge in [0.05, 0.1) is 21.8 Å². The molecule has 10 heteroatoms. The van der Waals surface area contributed by atoms with Gasteiger partial charge in [0, 0.05) is 6.20 Å². The molecule has 0 aliphatic rings. The number of carboxylic acid groups (broad SMARTS) is 1. The number of anilines is 1. The molecule has 0 bridgehead atoms. The normalized spacial score (nSPS) is 11.3. The number of thiophene rings is 1. The predicted octanol–water partition coefficient (Wildman–Crippen LogP) is 2.95. The zero-order valence-corrected chi connectivity index (χ0v) is 12.6. The molecule has 0 fully saturated rings. The second-order valence-electron chi connectivity index (χ2n) is 3.56. The minimum atomic E-state index is -3.95. The summed E-state index contributed by atoms with van der Waals surface area (Å²) in [6.07, 6.45) is 2.29. The number of carbonyl (C=O) groups is 1. The van der Waals surface area contributed by atoms with Crippen LogP contribution in [0.3, 0.4) is 0 Å². The van der Waals surface area contributed by atoms with E-state index in [0.29, 0.717) is 0 Å². The Morgan fingerprint density at radius 3 is 2.55 bits per heavy atom. The molecule has 2 rings (SSSR count). The Morgan fingerprint density at radius 1 is 1.30 bits per heavy atom. The number of pyridine rings is 1. The molecule has 2 aromatic heterocycles. The van der Waals surface area contributed by atoms with E-state index in [1.807, 2.05) is 0 Å². The average Bonchev–Trinajstić information content (AvgIpc) is 2.69. The number of carboxylic acids is 1. The fraction of sp³-hybridized carbons (Fsp3) is 0. The molecular formula is C10H6Cl2N2O4S2. The van der Waals surface area contributed by atoms with E-state index >= 15 is 0 Å². The molecular weight excluding hydrogens is 347 g/mol. The van der Waals surface area contributed by atoms with E-state index in [1.165, 1.54) is 12.3 Å². The number of aromatic nitrogens is 1. The molecule has 20 heavy (non-hydrogen) atoms. The van der Waals surface area contributed by atoms with Gasteiger partial charge < -0.3 is 5.11 Å². The third kappa shape index (κ3) is 3.21. The molecule has 0 saturated heterocycles. The molecule has 0 aliphatic carbocycles. The zero-order valence-electron chi connectivity index (χ0n) is 9.50. The first-order valence-electron chi connectivity index (χ1n) is 4.95. The minimum absolute atomic E-state index is 0.0169. The van der Waals surface area contributed by atoms with Crippen LogP contribution in [0, 0.1) is 0 Å². The lowest BCUT2D eigenvalue weighted by Crippen LogP contribution is -2.13. The minimum Gasteiger partial charge on any atom is -0.478 e. The predicted molar refractivity (Wildman–Crippen MR) is 76.3 cm³/mol.